The predicted molar refractivity (Wildman–Crippen MR) is 133 cm³/mol. The number of anilines is 1. The van der Waals surface area contributed by atoms with Crippen LogP contribution in [0.1, 0.15) is 29.3 Å². The van der Waals surface area contributed by atoms with Gasteiger partial charge < -0.3 is 25.2 Å². The molecule has 0 atom stereocenters. The Kier molecular flexibility index (Phi) is 5.94. The van der Waals surface area contributed by atoms with Crippen LogP contribution in [0.3, 0.4) is 0 Å². The van der Waals surface area contributed by atoms with E-state index in [0.717, 1.165) is 37.6 Å². The quantitative estimate of drug-likeness (QED) is 0.438. The molecule has 0 unspecified atom stereocenters. The van der Waals surface area contributed by atoms with Crippen LogP contribution in [-0.4, -0.2) is 72.6 Å². The van der Waals surface area contributed by atoms with Crippen LogP contribution in [0, 0.1) is 5.41 Å². The minimum absolute atomic E-state index is 0.0665. The van der Waals surface area contributed by atoms with Gasteiger partial charge in [0.25, 0.3) is 5.91 Å². The number of carbonyl (C=O) groups excluding carboxylic acids is 1. The van der Waals surface area contributed by atoms with Gasteiger partial charge in [0.15, 0.2) is 5.88 Å². The molecule has 2 aliphatic heterocycles. The minimum atomic E-state index is -4.50. The van der Waals surface area contributed by atoms with E-state index < -0.39 is 18.6 Å². The summed E-state index contributed by atoms with van der Waals surface area (Å²) in [5, 5.41) is 13.0. The lowest BCUT2D eigenvalue weighted by Crippen LogP contribution is -2.71. The fourth-order valence-electron chi connectivity index (χ4n) is 5.34. The van der Waals surface area contributed by atoms with Crippen LogP contribution >= 0.6 is 0 Å². The molecular formula is C26H28F3N5O2. The van der Waals surface area contributed by atoms with E-state index in [1.807, 2.05) is 36.5 Å². The number of benzene rings is 2. The van der Waals surface area contributed by atoms with Crippen molar-refractivity contribution in [2.24, 2.45) is 10.4 Å². The van der Waals surface area contributed by atoms with Crippen molar-refractivity contribution in [1.29, 1.82) is 0 Å². The molecule has 3 aromatic rings. The Labute approximate surface area is 206 Å². The summed E-state index contributed by atoms with van der Waals surface area (Å²) in [7, 11) is 2.14. The Bertz CT molecular complexity index is 1320. The van der Waals surface area contributed by atoms with Gasteiger partial charge in [-0.25, -0.2) is 0 Å². The van der Waals surface area contributed by atoms with Crippen LogP contribution in [0.15, 0.2) is 47.5 Å². The average Bonchev–Trinajstić information content (AvgIpc) is 3.12. The van der Waals surface area contributed by atoms with Gasteiger partial charge in [0, 0.05) is 53.7 Å². The second-order valence-electron chi connectivity index (χ2n) is 9.86. The van der Waals surface area contributed by atoms with Gasteiger partial charge in [-0.05, 0) is 55.9 Å². The Hall–Kier alpha value is -3.53. The van der Waals surface area contributed by atoms with E-state index in [4.69, 9.17) is 4.99 Å². The first-order valence-electron chi connectivity index (χ1n) is 11.9. The predicted octanol–water partition coefficient (Wildman–Crippen LogP) is 4.45. The number of rotatable bonds is 6. The molecule has 0 aliphatic carbocycles. The van der Waals surface area contributed by atoms with Gasteiger partial charge in [-0.1, -0.05) is 6.92 Å². The molecule has 10 heteroatoms. The van der Waals surface area contributed by atoms with E-state index in [-0.39, 0.29) is 11.4 Å². The lowest BCUT2D eigenvalue weighted by Gasteiger charge is -2.60. The maximum atomic E-state index is 12.5. The fraction of sp³-hybridized carbons (Fsp3) is 0.385. The number of alkyl halides is 3. The zero-order valence-electron chi connectivity index (χ0n) is 20.1. The molecule has 1 spiro atoms. The highest BCUT2D eigenvalue weighted by molar-refractivity contribution is 6.14. The van der Waals surface area contributed by atoms with E-state index in [2.05, 4.69) is 21.8 Å². The number of aliphatic imine (C=N–C) groups is 1. The highest BCUT2D eigenvalue weighted by Crippen LogP contribution is 2.41. The number of hydrogen-bond donors (Lipinski definition) is 3. The lowest BCUT2D eigenvalue weighted by atomic mass is 9.73. The number of fused-ring (bicyclic) bond motifs is 1. The van der Waals surface area contributed by atoms with Gasteiger partial charge in [0.05, 0.1) is 17.0 Å². The van der Waals surface area contributed by atoms with Crippen LogP contribution < -0.4 is 10.2 Å². The van der Waals surface area contributed by atoms with Crippen molar-refractivity contribution in [3.05, 3.63) is 53.6 Å². The van der Waals surface area contributed by atoms with Gasteiger partial charge in [0.1, 0.15) is 6.54 Å². The maximum absolute atomic E-state index is 12.5. The van der Waals surface area contributed by atoms with Crippen molar-refractivity contribution in [2.75, 3.05) is 44.7 Å². The molecule has 36 heavy (non-hydrogen) atoms. The zero-order valence-corrected chi connectivity index (χ0v) is 20.1. The van der Waals surface area contributed by atoms with Gasteiger partial charge in [-0.2, -0.15) is 13.2 Å². The number of aromatic hydroxyl groups is 1. The summed E-state index contributed by atoms with van der Waals surface area (Å²) >= 11 is 0. The van der Waals surface area contributed by atoms with Crippen LogP contribution in [0.4, 0.5) is 24.5 Å². The van der Waals surface area contributed by atoms with E-state index in [1.54, 1.807) is 6.07 Å². The molecule has 2 saturated heterocycles. The number of amides is 1. The summed E-state index contributed by atoms with van der Waals surface area (Å²) in [6.45, 7) is 4.89. The molecule has 3 heterocycles. The summed E-state index contributed by atoms with van der Waals surface area (Å²) in [5.41, 5.74) is 3.96. The molecule has 2 fully saturated rings. The van der Waals surface area contributed by atoms with Crippen LogP contribution in [0.25, 0.3) is 10.9 Å². The largest absolute Gasteiger partial charge is 0.494 e. The van der Waals surface area contributed by atoms with Crippen LogP contribution in [0.2, 0.25) is 0 Å². The smallest absolute Gasteiger partial charge is 0.405 e. The molecule has 0 radical (unpaired) electrons. The summed E-state index contributed by atoms with van der Waals surface area (Å²) in [4.78, 5) is 24.6. The first kappa shape index (κ1) is 24.2. The summed E-state index contributed by atoms with van der Waals surface area (Å²) in [6.07, 6.45) is -4.01. The SMILES string of the molecule is CCC(=Nc1ccc(N2CC3(CN(C)C3)C2)cc1)c1c(O)[nH]c2ccc(C(=O)NCC(F)(F)F)cc12. The number of nitrogens with one attached hydrogen (secondary N) is 2. The van der Waals surface area contributed by atoms with Crippen molar-refractivity contribution in [3.63, 3.8) is 0 Å². The van der Waals surface area contributed by atoms with Gasteiger partial charge in [0.2, 0.25) is 0 Å². The fourth-order valence-corrected chi connectivity index (χ4v) is 5.34. The third kappa shape index (κ3) is 4.65. The summed E-state index contributed by atoms with van der Waals surface area (Å²) in [5.74, 6) is -0.945. The Morgan fingerprint density at radius 1 is 1.14 bits per heavy atom. The van der Waals surface area contributed by atoms with E-state index >= 15 is 0 Å². The van der Waals surface area contributed by atoms with Crippen LogP contribution in [-0.2, 0) is 0 Å². The van der Waals surface area contributed by atoms with Crippen LogP contribution in [0.5, 0.6) is 5.88 Å². The first-order valence-corrected chi connectivity index (χ1v) is 11.9. The number of carbonyl (C=O) groups is 1. The second kappa shape index (κ2) is 8.85. The van der Waals surface area contributed by atoms with Gasteiger partial charge in [-0.15, -0.1) is 0 Å². The molecule has 1 amide bonds. The minimum Gasteiger partial charge on any atom is -0.494 e. The van der Waals surface area contributed by atoms with Crippen molar-refractivity contribution in [3.8, 4) is 5.88 Å². The summed E-state index contributed by atoms with van der Waals surface area (Å²) < 4.78 is 37.5. The molecule has 0 saturated carbocycles. The number of nitrogens with zero attached hydrogens (tertiary/aromatic N) is 3. The van der Waals surface area contributed by atoms with E-state index in [9.17, 15) is 23.1 Å². The van der Waals surface area contributed by atoms with E-state index in [0.29, 0.717) is 34.0 Å². The van der Waals surface area contributed by atoms with Crippen molar-refractivity contribution < 1.29 is 23.1 Å². The van der Waals surface area contributed by atoms with Gasteiger partial charge in [-0.3, -0.25) is 9.79 Å². The third-order valence-corrected chi connectivity index (χ3v) is 6.86. The van der Waals surface area contributed by atoms with Crippen molar-refractivity contribution in [1.82, 2.24) is 15.2 Å². The Morgan fingerprint density at radius 3 is 2.44 bits per heavy atom. The zero-order chi connectivity index (χ0) is 25.7. The first-order chi connectivity index (χ1) is 17.1. The normalized spacial score (nSPS) is 17.8. The molecule has 5 rings (SSSR count). The Balaban J connectivity index is 1.37. The molecule has 2 aliphatic rings. The molecule has 3 N–H and O–H groups in total. The lowest BCUT2D eigenvalue weighted by molar-refractivity contribution is -0.123. The van der Waals surface area contributed by atoms with E-state index in [1.165, 1.54) is 12.1 Å². The number of likely N-dealkylation sites (tertiary alicyclic amines) is 1. The highest BCUT2D eigenvalue weighted by Gasteiger charge is 2.50. The second-order valence-corrected chi connectivity index (χ2v) is 9.86. The monoisotopic (exact) mass is 499 g/mol. The third-order valence-electron chi connectivity index (χ3n) is 6.86. The average molecular weight is 500 g/mol. The topological polar surface area (TPSA) is 84.0 Å². The van der Waals surface area contributed by atoms with Gasteiger partial charge >= 0.3 is 6.18 Å². The molecule has 2 aromatic carbocycles. The number of halogens is 3. The molecule has 0 bridgehead atoms. The number of aromatic amines is 1. The molecule has 190 valence electrons. The number of aromatic nitrogens is 1. The van der Waals surface area contributed by atoms with Crippen molar-refractivity contribution >= 4 is 33.9 Å². The molecular weight excluding hydrogens is 471 g/mol. The summed E-state index contributed by atoms with van der Waals surface area (Å²) in [6, 6.07) is 12.4. The van der Waals surface area contributed by atoms with Crippen molar-refractivity contribution in [2.45, 2.75) is 19.5 Å². The number of H-pyrrole nitrogens is 1. The standard InChI is InChI=1S/C26H28F3N5O2/c1-3-20(31-17-5-7-18(8-6-17)34-14-25(15-34)12-33(2)13-25)22-19-10-16(4-9-21(19)32-24(22)36)23(35)30-11-26(27,28)29/h4-10,32,36H,3,11-15H2,1-2H3,(H,30,35). The maximum Gasteiger partial charge on any atom is 0.405 e. The Morgan fingerprint density at radius 2 is 1.83 bits per heavy atom. The molecule has 1 aromatic heterocycles. The highest BCUT2D eigenvalue weighted by atomic mass is 19.4. The molecule has 7 nitrogen and oxygen atoms in total. The number of hydrogen-bond acceptors (Lipinski definition) is 5.